The summed E-state index contributed by atoms with van der Waals surface area (Å²) in [6.07, 6.45) is -2.61. The third-order valence-electron chi connectivity index (χ3n) is 5.43. The molecule has 0 bridgehead atoms. The molecule has 4 rings (SSSR count). The van der Waals surface area contributed by atoms with Crippen LogP contribution in [0.15, 0.2) is 42.7 Å². The van der Waals surface area contributed by atoms with Crippen LogP contribution in [0.1, 0.15) is 21.6 Å². The number of hydrogen-bond donors (Lipinski definition) is 2. The summed E-state index contributed by atoms with van der Waals surface area (Å²) in [6.45, 7) is 4.94. The number of benzene rings is 1. The van der Waals surface area contributed by atoms with Crippen molar-refractivity contribution in [1.82, 2.24) is 19.8 Å². The largest absolute Gasteiger partial charge is 0.418 e. The molecule has 1 amide bonds. The van der Waals surface area contributed by atoms with E-state index in [0.29, 0.717) is 5.69 Å². The molecule has 174 valence electrons. The molecule has 0 aliphatic carbocycles. The number of aromatic nitrogens is 2. The van der Waals surface area contributed by atoms with E-state index < -0.39 is 17.6 Å². The standard InChI is InChI=1S/C22H23F3N6OS/c1-30-8-10-31(11-9-30)13-14-2-4-15(5-3-14)28-21-18(19(26)32)29-20(33-21)16-6-7-27-12-17(16)22(23,24)25/h2-7,12,28H,8-11,13H2,1H3,(H2,26,32). The second-order valence-corrected chi connectivity index (χ2v) is 8.88. The molecular formula is C22H23F3N6OS. The van der Waals surface area contributed by atoms with E-state index >= 15 is 0 Å². The van der Waals surface area contributed by atoms with Crippen molar-refractivity contribution in [3.05, 3.63) is 59.5 Å². The molecule has 33 heavy (non-hydrogen) atoms. The van der Waals surface area contributed by atoms with Gasteiger partial charge in [-0.25, -0.2) is 4.98 Å². The minimum Gasteiger partial charge on any atom is -0.364 e. The molecule has 3 N–H and O–H groups in total. The SMILES string of the molecule is CN1CCN(Cc2ccc(Nc3sc(-c4ccncc4C(F)(F)F)nc3C(N)=O)cc2)CC1. The van der Waals surface area contributed by atoms with Crippen LogP contribution in [0.4, 0.5) is 23.9 Å². The van der Waals surface area contributed by atoms with Gasteiger partial charge in [-0.1, -0.05) is 23.5 Å². The van der Waals surface area contributed by atoms with Crippen LogP contribution in [0.3, 0.4) is 0 Å². The lowest BCUT2D eigenvalue weighted by molar-refractivity contribution is -0.137. The van der Waals surface area contributed by atoms with Crippen molar-refractivity contribution >= 4 is 27.9 Å². The minimum absolute atomic E-state index is 0.0349. The number of carbonyl (C=O) groups excluding carboxylic acids is 1. The summed E-state index contributed by atoms with van der Waals surface area (Å²) in [5.74, 6) is -0.825. The van der Waals surface area contributed by atoms with Crippen molar-refractivity contribution in [2.75, 3.05) is 38.5 Å². The molecule has 3 heterocycles. The van der Waals surface area contributed by atoms with Crippen LogP contribution in [-0.4, -0.2) is 58.9 Å². The molecular weight excluding hydrogens is 453 g/mol. The van der Waals surface area contributed by atoms with E-state index in [-0.39, 0.29) is 21.3 Å². The van der Waals surface area contributed by atoms with Crippen LogP contribution < -0.4 is 11.1 Å². The summed E-state index contributed by atoms with van der Waals surface area (Å²) in [7, 11) is 2.11. The average molecular weight is 477 g/mol. The Balaban J connectivity index is 1.54. The lowest BCUT2D eigenvalue weighted by Crippen LogP contribution is -2.43. The van der Waals surface area contributed by atoms with Gasteiger partial charge in [-0.05, 0) is 30.8 Å². The van der Waals surface area contributed by atoms with Gasteiger partial charge in [-0.2, -0.15) is 13.2 Å². The Labute approximate surface area is 193 Å². The normalized spacial score (nSPS) is 15.5. The highest BCUT2D eigenvalue weighted by Crippen LogP contribution is 2.40. The topological polar surface area (TPSA) is 87.4 Å². The van der Waals surface area contributed by atoms with Crippen LogP contribution in [-0.2, 0) is 12.7 Å². The van der Waals surface area contributed by atoms with E-state index in [0.717, 1.165) is 55.8 Å². The fourth-order valence-corrected chi connectivity index (χ4v) is 4.61. The molecule has 1 aliphatic heterocycles. The van der Waals surface area contributed by atoms with Gasteiger partial charge in [-0.3, -0.25) is 14.7 Å². The maximum atomic E-state index is 13.4. The maximum Gasteiger partial charge on any atom is 0.418 e. The number of piperazine rings is 1. The van der Waals surface area contributed by atoms with Crippen LogP contribution in [0.5, 0.6) is 0 Å². The van der Waals surface area contributed by atoms with E-state index in [1.54, 1.807) is 0 Å². The Kier molecular flexibility index (Phi) is 6.63. The van der Waals surface area contributed by atoms with Crippen molar-refractivity contribution < 1.29 is 18.0 Å². The highest BCUT2D eigenvalue weighted by atomic mass is 32.1. The average Bonchev–Trinajstić information content (AvgIpc) is 3.20. The Hall–Kier alpha value is -3.02. The molecule has 0 unspecified atom stereocenters. The summed E-state index contributed by atoms with van der Waals surface area (Å²) in [6, 6.07) is 8.92. The summed E-state index contributed by atoms with van der Waals surface area (Å²) in [4.78, 5) is 24.3. The molecule has 1 aromatic carbocycles. The van der Waals surface area contributed by atoms with Gasteiger partial charge in [0.05, 0.1) is 5.56 Å². The van der Waals surface area contributed by atoms with Gasteiger partial charge in [0.15, 0.2) is 5.69 Å². The first-order chi connectivity index (χ1) is 15.7. The number of rotatable bonds is 6. The molecule has 7 nitrogen and oxygen atoms in total. The van der Waals surface area contributed by atoms with Gasteiger partial charge < -0.3 is 16.0 Å². The van der Waals surface area contributed by atoms with Crippen molar-refractivity contribution in [1.29, 1.82) is 0 Å². The Morgan fingerprint density at radius 2 is 1.85 bits per heavy atom. The molecule has 3 aromatic rings. The van der Waals surface area contributed by atoms with Crippen molar-refractivity contribution in [3.63, 3.8) is 0 Å². The van der Waals surface area contributed by atoms with Crippen LogP contribution >= 0.6 is 11.3 Å². The zero-order valence-corrected chi connectivity index (χ0v) is 18.7. The fraction of sp³-hybridized carbons (Fsp3) is 0.318. The molecule has 0 radical (unpaired) electrons. The summed E-state index contributed by atoms with van der Waals surface area (Å²) < 4.78 is 40.2. The van der Waals surface area contributed by atoms with Crippen molar-refractivity contribution in [2.24, 2.45) is 5.73 Å². The number of amides is 1. The van der Waals surface area contributed by atoms with Gasteiger partial charge in [0.1, 0.15) is 10.0 Å². The number of nitrogens with one attached hydrogen (secondary N) is 1. The Morgan fingerprint density at radius 3 is 2.48 bits per heavy atom. The minimum atomic E-state index is -4.60. The Bertz CT molecular complexity index is 1120. The maximum absolute atomic E-state index is 13.4. The number of primary amides is 1. The number of halogens is 3. The first kappa shape index (κ1) is 23.1. The van der Waals surface area contributed by atoms with Crippen LogP contribution in [0.2, 0.25) is 0 Å². The smallest absolute Gasteiger partial charge is 0.364 e. The third kappa shape index (κ3) is 5.49. The first-order valence-corrected chi connectivity index (χ1v) is 11.1. The van der Waals surface area contributed by atoms with E-state index in [9.17, 15) is 18.0 Å². The zero-order valence-electron chi connectivity index (χ0n) is 17.9. The molecule has 1 fully saturated rings. The molecule has 1 aliphatic rings. The van der Waals surface area contributed by atoms with Gasteiger partial charge >= 0.3 is 6.18 Å². The molecule has 0 saturated carbocycles. The van der Waals surface area contributed by atoms with Gasteiger partial charge in [-0.15, -0.1) is 0 Å². The lowest BCUT2D eigenvalue weighted by atomic mass is 10.1. The van der Waals surface area contributed by atoms with E-state index in [4.69, 9.17) is 5.73 Å². The van der Waals surface area contributed by atoms with Crippen LogP contribution in [0, 0.1) is 0 Å². The number of nitrogens with zero attached hydrogens (tertiary/aromatic N) is 4. The van der Waals surface area contributed by atoms with Gasteiger partial charge in [0.25, 0.3) is 5.91 Å². The number of thiazole rings is 1. The molecule has 11 heteroatoms. The van der Waals surface area contributed by atoms with Crippen molar-refractivity contribution in [2.45, 2.75) is 12.7 Å². The highest BCUT2D eigenvalue weighted by Gasteiger charge is 2.35. The van der Waals surface area contributed by atoms with Crippen LogP contribution in [0.25, 0.3) is 10.6 Å². The zero-order chi connectivity index (χ0) is 23.6. The van der Waals surface area contributed by atoms with E-state index in [1.807, 2.05) is 24.3 Å². The predicted octanol–water partition coefficient (Wildman–Crippen LogP) is 3.81. The number of pyridine rings is 1. The van der Waals surface area contributed by atoms with E-state index in [2.05, 4.69) is 32.1 Å². The number of alkyl halides is 3. The first-order valence-electron chi connectivity index (χ1n) is 10.3. The highest BCUT2D eigenvalue weighted by molar-refractivity contribution is 7.19. The number of hydrogen-bond acceptors (Lipinski definition) is 7. The number of carbonyl (C=O) groups is 1. The quantitative estimate of drug-likeness (QED) is 0.563. The summed E-state index contributed by atoms with van der Waals surface area (Å²) >= 11 is 0.935. The molecule has 1 saturated heterocycles. The summed E-state index contributed by atoms with van der Waals surface area (Å²) in [5.41, 5.74) is 6.09. The predicted molar refractivity (Wildman–Crippen MR) is 121 cm³/mol. The molecule has 0 atom stereocenters. The number of likely N-dealkylation sites (N-methyl/N-ethyl adjacent to an activating group) is 1. The lowest BCUT2D eigenvalue weighted by Gasteiger charge is -2.32. The van der Waals surface area contributed by atoms with Gasteiger partial charge in [0, 0.05) is 56.4 Å². The molecule has 0 spiro atoms. The number of nitrogens with two attached hydrogens (primary N) is 1. The third-order valence-corrected chi connectivity index (χ3v) is 6.44. The summed E-state index contributed by atoms with van der Waals surface area (Å²) in [5, 5.41) is 3.40. The number of anilines is 2. The van der Waals surface area contributed by atoms with Crippen molar-refractivity contribution in [3.8, 4) is 10.6 Å². The van der Waals surface area contributed by atoms with Gasteiger partial charge in [0.2, 0.25) is 0 Å². The Morgan fingerprint density at radius 1 is 1.15 bits per heavy atom. The second-order valence-electron chi connectivity index (χ2n) is 7.88. The van der Waals surface area contributed by atoms with E-state index in [1.165, 1.54) is 12.3 Å². The second kappa shape index (κ2) is 9.46. The fourth-order valence-electron chi connectivity index (χ4n) is 3.58. The monoisotopic (exact) mass is 476 g/mol. The molecule has 2 aromatic heterocycles.